The summed E-state index contributed by atoms with van der Waals surface area (Å²) in [5, 5.41) is 2.81. The SMILES string of the molecule is CCCC1(CCC)NC(=O)[C@@H](C(Cl)(Cl)Cl)O1. The first-order valence-corrected chi connectivity index (χ1v) is 6.54. The first kappa shape index (κ1) is 14.4. The number of hydrogen-bond donors (Lipinski definition) is 1. The summed E-state index contributed by atoms with van der Waals surface area (Å²) in [4.78, 5) is 11.7. The maximum Gasteiger partial charge on any atom is 0.255 e. The summed E-state index contributed by atoms with van der Waals surface area (Å²) in [6.45, 7) is 4.05. The highest BCUT2D eigenvalue weighted by Gasteiger charge is 2.52. The molecule has 1 aliphatic rings. The van der Waals surface area contributed by atoms with Gasteiger partial charge in [0.15, 0.2) is 6.10 Å². The van der Waals surface area contributed by atoms with Crippen molar-refractivity contribution in [1.82, 2.24) is 5.32 Å². The molecule has 1 amide bonds. The highest BCUT2D eigenvalue weighted by molar-refractivity contribution is 6.68. The van der Waals surface area contributed by atoms with Gasteiger partial charge in [0.05, 0.1) is 0 Å². The Labute approximate surface area is 111 Å². The first-order valence-electron chi connectivity index (χ1n) is 5.41. The third-order valence-corrected chi connectivity index (χ3v) is 3.13. The molecular formula is C10H16Cl3NO2. The van der Waals surface area contributed by atoms with Gasteiger partial charge in [0.25, 0.3) is 5.91 Å². The Bertz CT molecular complexity index is 259. The van der Waals surface area contributed by atoms with Crippen LogP contribution in [0.4, 0.5) is 0 Å². The van der Waals surface area contributed by atoms with Crippen LogP contribution in [0.15, 0.2) is 0 Å². The number of carbonyl (C=O) groups excluding carboxylic acids is 1. The number of carbonyl (C=O) groups is 1. The molecule has 1 aliphatic heterocycles. The third kappa shape index (κ3) is 3.16. The van der Waals surface area contributed by atoms with Crippen molar-refractivity contribution in [3.63, 3.8) is 0 Å². The second-order valence-corrected chi connectivity index (χ2v) is 6.39. The molecule has 0 aliphatic carbocycles. The van der Waals surface area contributed by atoms with E-state index in [0.717, 1.165) is 25.7 Å². The topological polar surface area (TPSA) is 38.3 Å². The molecule has 0 aromatic heterocycles. The van der Waals surface area contributed by atoms with Crippen molar-refractivity contribution in [2.45, 2.75) is 55.2 Å². The molecule has 94 valence electrons. The standard InChI is InChI=1S/C10H16Cl3NO2/c1-3-5-9(6-4-2)14-8(15)7(16-9)10(11,12)13/h7H,3-6H2,1-2H3,(H,14,15)/t7-/m0/s1. The zero-order valence-corrected chi connectivity index (χ0v) is 11.6. The Morgan fingerprint density at radius 2 is 1.81 bits per heavy atom. The van der Waals surface area contributed by atoms with Crippen LogP contribution in [0, 0.1) is 0 Å². The van der Waals surface area contributed by atoms with Gasteiger partial charge in [-0.3, -0.25) is 4.79 Å². The van der Waals surface area contributed by atoms with E-state index >= 15 is 0 Å². The molecule has 0 bridgehead atoms. The number of hydrogen-bond acceptors (Lipinski definition) is 2. The van der Waals surface area contributed by atoms with E-state index < -0.39 is 15.6 Å². The van der Waals surface area contributed by atoms with Crippen molar-refractivity contribution < 1.29 is 9.53 Å². The molecule has 1 saturated heterocycles. The van der Waals surface area contributed by atoms with Gasteiger partial charge in [0.2, 0.25) is 3.79 Å². The van der Waals surface area contributed by atoms with Crippen LogP contribution in [0.25, 0.3) is 0 Å². The van der Waals surface area contributed by atoms with E-state index in [1.54, 1.807) is 0 Å². The fraction of sp³-hybridized carbons (Fsp3) is 0.900. The lowest BCUT2D eigenvalue weighted by Gasteiger charge is -2.29. The normalized spacial score (nSPS) is 24.6. The Hall–Kier alpha value is 0.300. The van der Waals surface area contributed by atoms with Gasteiger partial charge >= 0.3 is 0 Å². The molecule has 3 nitrogen and oxygen atoms in total. The molecular weight excluding hydrogens is 272 g/mol. The smallest absolute Gasteiger partial charge is 0.255 e. The molecule has 0 spiro atoms. The molecule has 1 fully saturated rings. The molecule has 0 unspecified atom stereocenters. The second-order valence-electron chi connectivity index (χ2n) is 4.02. The summed E-state index contributed by atoms with van der Waals surface area (Å²) < 4.78 is 3.94. The van der Waals surface area contributed by atoms with E-state index in [0.29, 0.717) is 0 Å². The average Bonchev–Trinajstić information content (AvgIpc) is 2.43. The van der Waals surface area contributed by atoms with Crippen molar-refractivity contribution in [2.75, 3.05) is 0 Å². The molecule has 0 saturated carbocycles. The van der Waals surface area contributed by atoms with Gasteiger partial charge in [-0.05, 0) is 12.8 Å². The largest absolute Gasteiger partial charge is 0.338 e. The third-order valence-electron chi connectivity index (χ3n) is 2.54. The Kier molecular flexibility index (Phi) is 4.76. The van der Waals surface area contributed by atoms with Gasteiger partial charge in [-0.2, -0.15) is 0 Å². The van der Waals surface area contributed by atoms with Crippen molar-refractivity contribution in [2.24, 2.45) is 0 Å². The van der Waals surface area contributed by atoms with E-state index in [9.17, 15) is 4.79 Å². The Balaban J connectivity index is 2.82. The van der Waals surface area contributed by atoms with Crippen LogP contribution in [0.1, 0.15) is 39.5 Å². The van der Waals surface area contributed by atoms with Crippen molar-refractivity contribution in [1.29, 1.82) is 0 Å². The number of alkyl halides is 3. The van der Waals surface area contributed by atoms with Gasteiger partial charge in [-0.25, -0.2) is 0 Å². The van der Waals surface area contributed by atoms with E-state index in [1.165, 1.54) is 0 Å². The van der Waals surface area contributed by atoms with Gasteiger partial charge < -0.3 is 10.1 Å². The summed E-state index contributed by atoms with van der Waals surface area (Å²) in [5.74, 6) is -0.345. The molecule has 1 atom stereocenters. The highest BCUT2D eigenvalue weighted by atomic mass is 35.6. The summed E-state index contributed by atoms with van der Waals surface area (Å²) in [7, 11) is 0. The predicted octanol–water partition coefficient (Wildman–Crippen LogP) is 3.17. The molecule has 1 heterocycles. The molecule has 16 heavy (non-hydrogen) atoms. The van der Waals surface area contributed by atoms with Crippen LogP contribution in [-0.4, -0.2) is 21.5 Å². The zero-order valence-electron chi connectivity index (χ0n) is 9.36. The second kappa shape index (κ2) is 5.30. The van der Waals surface area contributed by atoms with Crippen molar-refractivity contribution in [3.8, 4) is 0 Å². The van der Waals surface area contributed by atoms with E-state index in [1.807, 2.05) is 13.8 Å². The summed E-state index contributed by atoms with van der Waals surface area (Å²) in [6.07, 6.45) is 2.23. The van der Waals surface area contributed by atoms with Gasteiger partial charge in [-0.1, -0.05) is 61.5 Å². The molecule has 1 rings (SSSR count). The van der Waals surface area contributed by atoms with E-state index in [2.05, 4.69) is 5.32 Å². The number of nitrogens with one attached hydrogen (secondary N) is 1. The molecule has 6 heteroatoms. The first-order chi connectivity index (χ1) is 7.34. The number of rotatable bonds is 4. The van der Waals surface area contributed by atoms with E-state index in [-0.39, 0.29) is 5.91 Å². The fourth-order valence-corrected chi connectivity index (χ4v) is 2.42. The van der Waals surface area contributed by atoms with Gasteiger partial charge in [0.1, 0.15) is 5.72 Å². The molecule has 0 aromatic carbocycles. The predicted molar refractivity (Wildman–Crippen MR) is 65.9 cm³/mol. The monoisotopic (exact) mass is 287 g/mol. The number of amides is 1. The molecule has 0 radical (unpaired) electrons. The van der Waals surface area contributed by atoms with Crippen LogP contribution < -0.4 is 5.32 Å². The van der Waals surface area contributed by atoms with Crippen LogP contribution in [0.5, 0.6) is 0 Å². The lowest BCUT2D eigenvalue weighted by molar-refractivity contribution is -0.124. The Morgan fingerprint density at radius 3 is 2.12 bits per heavy atom. The van der Waals surface area contributed by atoms with E-state index in [4.69, 9.17) is 39.5 Å². The summed E-state index contributed by atoms with van der Waals surface area (Å²) in [5.41, 5.74) is -0.658. The minimum Gasteiger partial charge on any atom is -0.338 e. The van der Waals surface area contributed by atoms with Gasteiger partial charge in [-0.15, -0.1) is 0 Å². The quantitative estimate of drug-likeness (QED) is 0.807. The van der Waals surface area contributed by atoms with Crippen molar-refractivity contribution in [3.05, 3.63) is 0 Å². The summed E-state index contributed by atoms with van der Waals surface area (Å²) >= 11 is 17.1. The van der Waals surface area contributed by atoms with Crippen molar-refractivity contribution >= 4 is 40.7 Å². The minimum atomic E-state index is -1.71. The van der Waals surface area contributed by atoms with Gasteiger partial charge in [0, 0.05) is 0 Å². The highest BCUT2D eigenvalue weighted by Crippen LogP contribution is 2.39. The lowest BCUT2D eigenvalue weighted by Crippen LogP contribution is -2.42. The number of ether oxygens (including phenoxy) is 1. The zero-order chi connectivity index (χ0) is 12.4. The lowest BCUT2D eigenvalue weighted by atomic mass is 10.0. The maximum absolute atomic E-state index is 11.7. The molecule has 0 aromatic rings. The number of halogens is 3. The average molecular weight is 289 g/mol. The Morgan fingerprint density at radius 1 is 1.31 bits per heavy atom. The fourth-order valence-electron chi connectivity index (χ4n) is 1.99. The van der Waals surface area contributed by atoms with Crippen LogP contribution in [0.3, 0.4) is 0 Å². The van der Waals surface area contributed by atoms with Crippen LogP contribution in [-0.2, 0) is 9.53 Å². The molecule has 1 N–H and O–H groups in total. The summed E-state index contributed by atoms with van der Waals surface area (Å²) in [6, 6.07) is 0. The van der Waals surface area contributed by atoms with Crippen LogP contribution >= 0.6 is 34.8 Å². The van der Waals surface area contributed by atoms with Crippen LogP contribution in [0.2, 0.25) is 0 Å². The maximum atomic E-state index is 11.7. The minimum absolute atomic E-state index is 0.345.